The molecule has 1 atom stereocenters. The van der Waals surface area contributed by atoms with E-state index in [0.29, 0.717) is 5.92 Å². The maximum atomic E-state index is 6.01. The normalized spacial score (nSPS) is 12.9. The Morgan fingerprint density at radius 2 is 2.19 bits per heavy atom. The van der Waals surface area contributed by atoms with Gasteiger partial charge in [0.1, 0.15) is 12.1 Å². The second-order valence-corrected chi connectivity index (χ2v) is 5.17. The van der Waals surface area contributed by atoms with E-state index in [0.717, 1.165) is 23.3 Å². The van der Waals surface area contributed by atoms with Gasteiger partial charge in [0.25, 0.3) is 0 Å². The fourth-order valence-electron chi connectivity index (χ4n) is 1.37. The number of rotatable bonds is 5. The Kier molecular flexibility index (Phi) is 5.15. The van der Waals surface area contributed by atoms with E-state index in [1.165, 1.54) is 0 Å². The van der Waals surface area contributed by atoms with Gasteiger partial charge in [0.05, 0.1) is 4.47 Å². The molecule has 0 saturated carbocycles. The summed E-state index contributed by atoms with van der Waals surface area (Å²) in [7, 11) is 2.01. The molecule has 0 bridgehead atoms. The minimum atomic E-state index is 0.239. The fraction of sp³-hybridized carbons (Fsp3) is 0.636. The molecule has 2 N–H and O–H groups in total. The highest BCUT2D eigenvalue weighted by atomic mass is 79.9. The van der Waals surface area contributed by atoms with Gasteiger partial charge in [-0.05, 0) is 28.3 Å². The SMILES string of the molecule is CC(C)C(N)CCN(C)c1ncncc1Br. The maximum absolute atomic E-state index is 6.01. The van der Waals surface area contributed by atoms with Crippen molar-refractivity contribution in [2.24, 2.45) is 11.7 Å². The second kappa shape index (κ2) is 6.15. The molecule has 1 aromatic heterocycles. The first-order valence-corrected chi connectivity index (χ1v) is 6.24. The molecule has 16 heavy (non-hydrogen) atoms. The Balaban J connectivity index is 2.53. The third-order valence-electron chi connectivity index (χ3n) is 2.66. The van der Waals surface area contributed by atoms with Crippen LogP contribution in [0.15, 0.2) is 17.0 Å². The number of aromatic nitrogens is 2. The van der Waals surface area contributed by atoms with Crippen molar-refractivity contribution in [3.05, 3.63) is 17.0 Å². The van der Waals surface area contributed by atoms with Crippen molar-refractivity contribution < 1.29 is 0 Å². The van der Waals surface area contributed by atoms with Gasteiger partial charge in [-0.2, -0.15) is 0 Å². The fourth-order valence-corrected chi connectivity index (χ4v) is 1.89. The first-order valence-electron chi connectivity index (χ1n) is 5.44. The molecule has 90 valence electrons. The number of nitrogens with zero attached hydrogens (tertiary/aromatic N) is 3. The zero-order chi connectivity index (χ0) is 12.1. The minimum Gasteiger partial charge on any atom is -0.359 e. The van der Waals surface area contributed by atoms with Crippen molar-refractivity contribution in [1.29, 1.82) is 0 Å². The third kappa shape index (κ3) is 3.72. The summed E-state index contributed by atoms with van der Waals surface area (Å²) in [6.45, 7) is 5.19. The number of hydrogen-bond acceptors (Lipinski definition) is 4. The maximum Gasteiger partial charge on any atom is 0.146 e. The van der Waals surface area contributed by atoms with Crippen LogP contribution in [0.1, 0.15) is 20.3 Å². The smallest absolute Gasteiger partial charge is 0.146 e. The van der Waals surface area contributed by atoms with Crippen molar-refractivity contribution in [3.8, 4) is 0 Å². The summed E-state index contributed by atoms with van der Waals surface area (Å²) in [4.78, 5) is 10.3. The van der Waals surface area contributed by atoms with E-state index in [4.69, 9.17) is 5.73 Å². The van der Waals surface area contributed by atoms with Crippen LogP contribution in [0.25, 0.3) is 0 Å². The number of hydrogen-bond donors (Lipinski definition) is 1. The van der Waals surface area contributed by atoms with Gasteiger partial charge in [-0.15, -0.1) is 0 Å². The lowest BCUT2D eigenvalue weighted by Crippen LogP contribution is -2.32. The molecule has 1 heterocycles. The average molecular weight is 287 g/mol. The van der Waals surface area contributed by atoms with Crippen molar-refractivity contribution >= 4 is 21.7 Å². The summed E-state index contributed by atoms with van der Waals surface area (Å²) in [5, 5.41) is 0. The molecule has 0 aliphatic carbocycles. The van der Waals surface area contributed by atoms with Gasteiger partial charge in [-0.25, -0.2) is 9.97 Å². The third-order valence-corrected chi connectivity index (χ3v) is 3.22. The van der Waals surface area contributed by atoms with Crippen LogP contribution >= 0.6 is 15.9 Å². The minimum absolute atomic E-state index is 0.239. The molecule has 1 rings (SSSR count). The van der Waals surface area contributed by atoms with Crippen molar-refractivity contribution in [2.75, 3.05) is 18.5 Å². The summed E-state index contributed by atoms with van der Waals surface area (Å²) in [6, 6.07) is 0.239. The Labute approximate surface area is 105 Å². The summed E-state index contributed by atoms with van der Waals surface area (Å²) in [6.07, 6.45) is 4.27. The topological polar surface area (TPSA) is 55.0 Å². The van der Waals surface area contributed by atoms with Gasteiger partial charge in [0.15, 0.2) is 0 Å². The molecule has 1 unspecified atom stereocenters. The Bertz CT molecular complexity index is 330. The van der Waals surface area contributed by atoms with Gasteiger partial charge in [-0.1, -0.05) is 13.8 Å². The molecular weight excluding hydrogens is 268 g/mol. The summed E-state index contributed by atoms with van der Waals surface area (Å²) in [5.74, 6) is 1.42. The van der Waals surface area contributed by atoms with E-state index in [2.05, 4.69) is 44.6 Å². The second-order valence-electron chi connectivity index (χ2n) is 4.31. The van der Waals surface area contributed by atoms with E-state index in [9.17, 15) is 0 Å². The van der Waals surface area contributed by atoms with Crippen molar-refractivity contribution in [3.63, 3.8) is 0 Å². The van der Waals surface area contributed by atoms with Crippen molar-refractivity contribution in [1.82, 2.24) is 9.97 Å². The van der Waals surface area contributed by atoms with E-state index < -0.39 is 0 Å². The molecule has 0 aromatic carbocycles. The molecule has 0 spiro atoms. The molecule has 4 nitrogen and oxygen atoms in total. The largest absolute Gasteiger partial charge is 0.359 e. The highest BCUT2D eigenvalue weighted by Crippen LogP contribution is 2.21. The molecule has 0 aliphatic heterocycles. The van der Waals surface area contributed by atoms with Crippen LogP contribution in [0.4, 0.5) is 5.82 Å². The molecule has 1 aromatic rings. The van der Waals surface area contributed by atoms with E-state index in [1.807, 2.05) is 7.05 Å². The summed E-state index contributed by atoms with van der Waals surface area (Å²) >= 11 is 3.43. The van der Waals surface area contributed by atoms with Gasteiger partial charge in [-0.3, -0.25) is 0 Å². The molecule has 5 heteroatoms. The van der Waals surface area contributed by atoms with Crippen LogP contribution < -0.4 is 10.6 Å². The number of anilines is 1. The predicted molar refractivity (Wildman–Crippen MR) is 70.4 cm³/mol. The van der Waals surface area contributed by atoms with Gasteiger partial charge in [0.2, 0.25) is 0 Å². The predicted octanol–water partition coefficient (Wildman–Crippen LogP) is 2.05. The highest BCUT2D eigenvalue weighted by Gasteiger charge is 2.11. The quantitative estimate of drug-likeness (QED) is 0.900. The number of halogens is 1. The molecule has 0 saturated heterocycles. The van der Waals surface area contributed by atoms with Crippen LogP contribution in [-0.4, -0.2) is 29.6 Å². The molecule has 0 amide bonds. The monoisotopic (exact) mass is 286 g/mol. The van der Waals surface area contributed by atoms with Gasteiger partial charge < -0.3 is 10.6 Å². The van der Waals surface area contributed by atoms with E-state index in [-0.39, 0.29) is 6.04 Å². The Hall–Kier alpha value is -0.680. The number of nitrogens with two attached hydrogens (primary N) is 1. The van der Waals surface area contributed by atoms with E-state index in [1.54, 1.807) is 12.5 Å². The first kappa shape index (κ1) is 13.4. The van der Waals surface area contributed by atoms with Crippen molar-refractivity contribution in [2.45, 2.75) is 26.3 Å². The van der Waals surface area contributed by atoms with Crippen LogP contribution in [-0.2, 0) is 0 Å². The zero-order valence-corrected chi connectivity index (χ0v) is 11.6. The van der Waals surface area contributed by atoms with Crippen LogP contribution in [0.2, 0.25) is 0 Å². The first-order chi connectivity index (χ1) is 7.52. The average Bonchev–Trinajstić information content (AvgIpc) is 2.25. The zero-order valence-electron chi connectivity index (χ0n) is 10.0. The standard InChI is InChI=1S/C11H19BrN4/c1-8(2)10(13)4-5-16(3)11-9(12)6-14-7-15-11/h6-8,10H,4-5,13H2,1-3H3. The highest BCUT2D eigenvalue weighted by molar-refractivity contribution is 9.10. The van der Waals surface area contributed by atoms with Crippen LogP contribution in [0.5, 0.6) is 0 Å². The summed E-state index contributed by atoms with van der Waals surface area (Å²) in [5.41, 5.74) is 6.01. The van der Waals surface area contributed by atoms with Gasteiger partial charge in [0, 0.05) is 25.8 Å². The van der Waals surface area contributed by atoms with E-state index >= 15 is 0 Å². The molecule has 0 radical (unpaired) electrons. The summed E-state index contributed by atoms with van der Waals surface area (Å²) < 4.78 is 0.913. The lowest BCUT2D eigenvalue weighted by Gasteiger charge is -2.22. The molecular formula is C11H19BrN4. The lowest BCUT2D eigenvalue weighted by atomic mass is 10.0. The Morgan fingerprint density at radius 1 is 1.50 bits per heavy atom. The molecule has 0 fully saturated rings. The Morgan fingerprint density at radius 3 is 2.75 bits per heavy atom. The van der Waals surface area contributed by atoms with Crippen LogP contribution in [0.3, 0.4) is 0 Å². The van der Waals surface area contributed by atoms with Gasteiger partial charge >= 0.3 is 0 Å². The van der Waals surface area contributed by atoms with Crippen LogP contribution in [0, 0.1) is 5.92 Å². The molecule has 0 aliphatic rings. The lowest BCUT2D eigenvalue weighted by molar-refractivity contribution is 0.465.